The summed E-state index contributed by atoms with van der Waals surface area (Å²) >= 11 is 12.5. The molecule has 0 atom stereocenters. The number of aromatic nitrogens is 2. The molecule has 4 rings (SSSR count). The SMILES string of the molecule is CC[C@H]1CC[C@H](Nc2c(C(C)=O)cnc3ccc(-c4cc(Cl)c(OS(N)(=O)=O)c(Cl)c4)nc23)CC1. The number of ketones is 1. The van der Waals surface area contributed by atoms with Crippen LogP contribution in [0.4, 0.5) is 5.69 Å². The van der Waals surface area contributed by atoms with Crippen molar-refractivity contribution in [2.75, 3.05) is 5.32 Å². The third kappa shape index (κ3) is 5.86. The van der Waals surface area contributed by atoms with Crippen molar-refractivity contribution in [2.45, 2.75) is 52.0 Å². The highest BCUT2D eigenvalue weighted by Gasteiger charge is 2.23. The number of benzene rings is 1. The van der Waals surface area contributed by atoms with Gasteiger partial charge in [0.25, 0.3) is 0 Å². The molecule has 8 nitrogen and oxygen atoms in total. The smallest absolute Gasteiger partial charge is 0.380 e. The van der Waals surface area contributed by atoms with E-state index in [2.05, 4.69) is 17.2 Å². The van der Waals surface area contributed by atoms with Crippen LogP contribution in [-0.2, 0) is 10.3 Å². The first kappa shape index (κ1) is 25.6. The minimum Gasteiger partial charge on any atom is -0.380 e. The number of hydrogen-bond acceptors (Lipinski definition) is 7. The lowest BCUT2D eigenvalue weighted by Crippen LogP contribution is -2.27. The normalized spacial score (nSPS) is 18.4. The molecule has 186 valence electrons. The van der Waals surface area contributed by atoms with Gasteiger partial charge in [0.1, 0.15) is 5.52 Å². The average molecular weight is 537 g/mol. The van der Waals surface area contributed by atoms with Crippen LogP contribution in [0.2, 0.25) is 10.0 Å². The van der Waals surface area contributed by atoms with Crippen LogP contribution in [0.1, 0.15) is 56.3 Å². The molecule has 1 saturated carbocycles. The highest BCUT2D eigenvalue weighted by molar-refractivity contribution is 7.84. The van der Waals surface area contributed by atoms with Gasteiger partial charge in [0.2, 0.25) is 0 Å². The van der Waals surface area contributed by atoms with Crippen molar-refractivity contribution < 1.29 is 17.4 Å². The quantitative estimate of drug-likeness (QED) is 0.367. The molecule has 1 fully saturated rings. The van der Waals surface area contributed by atoms with Crippen molar-refractivity contribution in [3.05, 3.63) is 46.1 Å². The van der Waals surface area contributed by atoms with Crippen LogP contribution in [0.25, 0.3) is 22.3 Å². The van der Waals surface area contributed by atoms with Crippen molar-refractivity contribution in [3.63, 3.8) is 0 Å². The number of anilines is 1. The number of nitrogens with zero attached hydrogens (tertiary/aromatic N) is 2. The molecule has 0 radical (unpaired) electrons. The molecular formula is C24H26Cl2N4O4S. The van der Waals surface area contributed by atoms with Gasteiger partial charge in [-0.3, -0.25) is 9.78 Å². The number of rotatable bonds is 7. The maximum Gasteiger partial charge on any atom is 0.380 e. The van der Waals surface area contributed by atoms with E-state index < -0.39 is 10.3 Å². The van der Waals surface area contributed by atoms with Crippen molar-refractivity contribution in [1.82, 2.24) is 9.97 Å². The highest BCUT2D eigenvalue weighted by Crippen LogP contribution is 2.39. The number of carbonyl (C=O) groups excluding carboxylic acids is 1. The number of fused-ring (bicyclic) bond motifs is 1. The molecule has 3 aromatic rings. The summed E-state index contributed by atoms with van der Waals surface area (Å²) in [7, 11) is -4.30. The van der Waals surface area contributed by atoms with E-state index in [9.17, 15) is 13.2 Å². The van der Waals surface area contributed by atoms with Crippen LogP contribution < -0.4 is 14.6 Å². The largest absolute Gasteiger partial charge is 0.380 e. The number of nitrogens with one attached hydrogen (secondary N) is 1. The van der Waals surface area contributed by atoms with Gasteiger partial charge in [0.15, 0.2) is 11.5 Å². The van der Waals surface area contributed by atoms with Gasteiger partial charge in [-0.2, -0.15) is 13.6 Å². The summed E-state index contributed by atoms with van der Waals surface area (Å²) in [5, 5.41) is 8.45. The maximum absolute atomic E-state index is 12.4. The Labute approximate surface area is 214 Å². The predicted octanol–water partition coefficient (Wildman–Crippen LogP) is 5.77. The molecule has 3 N–H and O–H groups in total. The fraction of sp³-hybridized carbons (Fsp3) is 0.375. The molecule has 0 spiro atoms. The molecule has 2 aromatic heterocycles. The average Bonchev–Trinajstić information content (AvgIpc) is 2.81. The van der Waals surface area contributed by atoms with Crippen LogP contribution in [0.5, 0.6) is 5.75 Å². The van der Waals surface area contributed by atoms with Gasteiger partial charge in [-0.15, -0.1) is 0 Å². The summed E-state index contributed by atoms with van der Waals surface area (Å²) in [6.45, 7) is 3.73. The monoisotopic (exact) mass is 536 g/mol. The molecule has 0 saturated heterocycles. The Kier molecular flexibility index (Phi) is 7.51. The summed E-state index contributed by atoms with van der Waals surface area (Å²) in [4.78, 5) is 21.7. The van der Waals surface area contributed by atoms with Crippen LogP contribution >= 0.6 is 23.2 Å². The lowest BCUT2D eigenvalue weighted by molar-refractivity contribution is 0.101. The molecule has 1 aliphatic carbocycles. The predicted molar refractivity (Wildman–Crippen MR) is 138 cm³/mol. The summed E-state index contributed by atoms with van der Waals surface area (Å²) < 4.78 is 27.3. The van der Waals surface area contributed by atoms with E-state index in [-0.39, 0.29) is 27.6 Å². The minimum atomic E-state index is -4.30. The number of nitrogens with two attached hydrogens (primary N) is 1. The number of hydrogen-bond donors (Lipinski definition) is 2. The molecule has 0 bridgehead atoms. The van der Waals surface area contributed by atoms with E-state index >= 15 is 0 Å². The first-order valence-electron chi connectivity index (χ1n) is 11.3. The molecule has 1 aliphatic rings. The van der Waals surface area contributed by atoms with Gasteiger partial charge in [0.05, 0.1) is 32.5 Å². The molecule has 11 heteroatoms. The van der Waals surface area contributed by atoms with E-state index in [4.69, 9.17) is 37.5 Å². The van der Waals surface area contributed by atoms with Gasteiger partial charge < -0.3 is 9.50 Å². The van der Waals surface area contributed by atoms with Crippen LogP contribution in [0, 0.1) is 5.92 Å². The van der Waals surface area contributed by atoms with E-state index in [1.54, 1.807) is 18.3 Å². The van der Waals surface area contributed by atoms with Crippen molar-refractivity contribution in [1.29, 1.82) is 0 Å². The molecule has 0 unspecified atom stereocenters. The fourth-order valence-corrected chi connectivity index (χ4v) is 5.53. The second kappa shape index (κ2) is 10.3. The van der Waals surface area contributed by atoms with Crippen LogP contribution in [0.15, 0.2) is 30.5 Å². The first-order chi connectivity index (χ1) is 16.6. The Hall–Kier alpha value is -2.46. The van der Waals surface area contributed by atoms with Gasteiger partial charge in [-0.1, -0.05) is 36.5 Å². The Morgan fingerprint density at radius 2 is 1.83 bits per heavy atom. The summed E-state index contributed by atoms with van der Waals surface area (Å²) in [6.07, 6.45) is 7.11. The minimum absolute atomic E-state index is 0.0370. The van der Waals surface area contributed by atoms with E-state index in [0.717, 1.165) is 31.6 Å². The number of Topliss-reactive ketones (excluding diaryl/α,β-unsaturated/α-hetero) is 1. The molecular weight excluding hydrogens is 511 g/mol. The number of pyridine rings is 2. The van der Waals surface area contributed by atoms with Crippen molar-refractivity contribution in [3.8, 4) is 17.0 Å². The molecule has 35 heavy (non-hydrogen) atoms. The summed E-state index contributed by atoms with van der Waals surface area (Å²) in [5.41, 5.74) is 3.39. The molecule has 0 amide bonds. The molecule has 0 aliphatic heterocycles. The van der Waals surface area contributed by atoms with E-state index in [0.29, 0.717) is 33.5 Å². The number of carbonyl (C=O) groups is 1. The Morgan fingerprint density at radius 1 is 1.17 bits per heavy atom. The van der Waals surface area contributed by atoms with Crippen molar-refractivity contribution >= 4 is 56.0 Å². The number of halogens is 2. The second-order valence-electron chi connectivity index (χ2n) is 8.78. The lowest BCUT2D eigenvalue weighted by Gasteiger charge is -2.30. The Bertz CT molecular complexity index is 1370. The van der Waals surface area contributed by atoms with Gasteiger partial charge in [0, 0.05) is 17.8 Å². The Morgan fingerprint density at radius 3 is 2.40 bits per heavy atom. The van der Waals surface area contributed by atoms with Crippen LogP contribution in [-0.4, -0.2) is 30.2 Å². The first-order valence-corrected chi connectivity index (χ1v) is 13.6. The maximum atomic E-state index is 12.4. The third-order valence-electron chi connectivity index (χ3n) is 6.36. The lowest BCUT2D eigenvalue weighted by atomic mass is 9.84. The zero-order valence-electron chi connectivity index (χ0n) is 19.3. The van der Waals surface area contributed by atoms with Crippen LogP contribution in [0.3, 0.4) is 0 Å². The van der Waals surface area contributed by atoms with Gasteiger partial charge in [-0.05, 0) is 62.8 Å². The fourth-order valence-electron chi connectivity index (χ4n) is 4.46. The summed E-state index contributed by atoms with van der Waals surface area (Å²) in [6, 6.07) is 6.77. The van der Waals surface area contributed by atoms with E-state index in [1.165, 1.54) is 25.5 Å². The molecule has 2 heterocycles. The van der Waals surface area contributed by atoms with Gasteiger partial charge in [-0.25, -0.2) is 4.98 Å². The van der Waals surface area contributed by atoms with E-state index in [1.807, 2.05) is 0 Å². The third-order valence-corrected chi connectivity index (χ3v) is 7.32. The standard InChI is InChI=1S/C24H26Cl2N4O4S/c1-3-14-4-6-16(7-5-14)29-22-17(13(2)31)12-28-21-9-8-20(30-23(21)22)15-10-18(25)24(19(26)11-15)34-35(27,32)33/h8-12,14,16H,3-7H2,1-2H3,(H,28,29)(H2,27,32,33)/t14-,16-. The topological polar surface area (TPSA) is 124 Å². The highest BCUT2D eigenvalue weighted by atomic mass is 35.5. The summed E-state index contributed by atoms with van der Waals surface area (Å²) in [5.74, 6) is 0.382. The zero-order chi connectivity index (χ0) is 25.3. The van der Waals surface area contributed by atoms with Crippen molar-refractivity contribution in [2.24, 2.45) is 11.1 Å². The zero-order valence-corrected chi connectivity index (χ0v) is 21.7. The van der Waals surface area contributed by atoms with Gasteiger partial charge >= 0.3 is 10.3 Å². The molecule has 1 aromatic carbocycles. The second-order valence-corrected chi connectivity index (χ2v) is 10.7. The Balaban J connectivity index is 1.76.